The SMILES string of the molecule is Cc1nc(NC(=O)c2ccc(COc3ccc(F)cc3)o2)sc1SCC(N)=O. The molecule has 2 aromatic heterocycles. The molecule has 3 rings (SSSR count). The predicted octanol–water partition coefficient (Wildman–Crippen LogP) is 3.59. The summed E-state index contributed by atoms with van der Waals surface area (Å²) in [5.41, 5.74) is 5.85. The molecule has 0 atom stereocenters. The molecular formula is C18H16FN3O4S2. The summed E-state index contributed by atoms with van der Waals surface area (Å²) in [5, 5.41) is 3.06. The number of carbonyl (C=O) groups excluding carboxylic acids is 2. The molecule has 3 aromatic rings. The van der Waals surface area contributed by atoms with Gasteiger partial charge < -0.3 is 14.9 Å². The topological polar surface area (TPSA) is 107 Å². The van der Waals surface area contributed by atoms with Crippen molar-refractivity contribution in [3.05, 3.63) is 59.4 Å². The Bertz CT molecular complexity index is 985. The fourth-order valence-corrected chi connectivity index (χ4v) is 4.00. The Labute approximate surface area is 168 Å². The van der Waals surface area contributed by atoms with Gasteiger partial charge in [0.15, 0.2) is 10.9 Å². The number of amides is 2. The van der Waals surface area contributed by atoms with E-state index in [1.54, 1.807) is 13.0 Å². The number of hydrogen-bond acceptors (Lipinski definition) is 7. The zero-order valence-electron chi connectivity index (χ0n) is 14.7. The van der Waals surface area contributed by atoms with E-state index in [1.807, 2.05) is 0 Å². The van der Waals surface area contributed by atoms with Gasteiger partial charge in [-0.15, -0.1) is 11.8 Å². The lowest BCUT2D eigenvalue weighted by Crippen LogP contribution is -2.12. The van der Waals surface area contributed by atoms with E-state index in [4.69, 9.17) is 14.9 Å². The molecular weight excluding hydrogens is 405 g/mol. The van der Waals surface area contributed by atoms with Gasteiger partial charge in [-0.3, -0.25) is 14.9 Å². The maximum atomic E-state index is 12.9. The van der Waals surface area contributed by atoms with Crippen LogP contribution in [0.5, 0.6) is 5.75 Å². The number of hydrogen-bond donors (Lipinski definition) is 2. The summed E-state index contributed by atoms with van der Waals surface area (Å²) in [6.45, 7) is 1.89. The highest BCUT2D eigenvalue weighted by Gasteiger charge is 2.16. The van der Waals surface area contributed by atoms with Crippen molar-refractivity contribution in [1.82, 2.24) is 4.98 Å². The standard InChI is InChI=1S/C18H16FN3O4S2/c1-10-17(27-9-15(20)23)28-18(21-10)22-16(24)14-7-6-13(26-14)8-25-12-4-2-11(19)3-5-12/h2-7H,8-9H2,1H3,(H2,20,23)(H,21,22,24). The summed E-state index contributed by atoms with van der Waals surface area (Å²) in [6.07, 6.45) is 0. The molecule has 0 aliphatic rings. The molecule has 146 valence electrons. The number of nitrogens with one attached hydrogen (secondary N) is 1. The molecule has 28 heavy (non-hydrogen) atoms. The van der Waals surface area contributed by atoms with E-state index < -0.39 is 11.8 Å². The van der Waals surface area contributed by atoms with Gasteiger partial charge in [0.25, 0.3) is 5.91 Å². The normalized spacial score (nSPS) is 10.6. The summed E-state index contributed by atoms with van der Waals surface area (Å²) < 4.78 is 24.6. The van der Waals surface area contributed by atoms with Crippen molar-refractivity contribution in [3.63, 3.8) is 0 Å². The number of primary amides is 1. The molecule has 10 heteroatoms. The number of thioether (sulfide) groups is 1. The summed E-state index contributed by atoms with van der Waals surface area (Å²) in [7, 11) is 0. The average Bonchev–Trinajstić information content (AvgIpc) is 3.26. The minimum Gasteiger partial charge on any atom is -0.486 e. The minimum absolute atomic E-state index is 0.100. The lowest BCUT2D eigenvalue weighted by Gasteiger charge is -2.03. The lowest BCUT2D eigenvalue weighted by atomic mass is 10.3. The van der Waals surface area contributed by atoms with Crippen LogP contribution in [0.25, 0.3) is 0 Å². The molecule has 7 nitrogen and oxygen atoms in total. The van der Waals surface area contributed by atoms with Gasteiger partial charge in [-0.1, -0.05) is 11.3 Å². The molecule has 0 aliphatic heterocycles. The van der Waals surface area contributed by atoms with Crippen LogP contribution in [0, 0.1) is 12.7 Å². The predicted molar refractivity (Wildman–Crippen MR) is 104 cm³/mol. The number of aromatic nitrogens is 1. The number of nitrogens with two attached hydrogens (primary N) is 1. The van der Waals surface area contributed by atoms with E-state index in [0.717, 1.165) is 4.21 Å². The second-order valence-corrected chi connectivity index (χ2v) is 7.85. The first-order valence-corrected chi connectivity index (χ1v) is 9.88. The van der Waals surface area contributed by atoms with Crippen molar-refractivity contribution in [1.29, 1.82) is 0 Å². The zero-order valence-corrected chi connectivity index (χ0v) is 16.4. The molecule has 0 fully saturated rings. The summed E-state index contributed by atoms with van der Waals surface area (Å²) >= 11 is 2.53. The highest BCUT2D eigenvalue weighted by atomic mass is 32.2. The third-order valence-corrected chi connectivity index (χ3v) is 5.86. The molecule has 0 saturated carbocycles. The van der Waals surface area contributed by atoms with E-state index in [1.165, 1.54) is 53.4 Å². The minimum atomic E-state index is -0.451. The number of ether oxygens (including phenoxy) is 1. The van der Waals surface area contributed by atoms with Gasteiger partial charge in [0.05, 0.1) is 15.7 Å². The van der Waals surface area contributed by atoms with Gasteiger partial charge in [0, 0.05) is 0 Å². The molecule has 0 saturated heterocycles. The van der Waals surface area contributed by atoms with Crippen LogP contribution in [-0.2, 0) is 11.4 Å². The molecule has 0 unspecified atom stereocenters. The van der Waals surface area contributed by atoms with Crippen LogP contribution in [0.15, 0.2) is 45.0 Å². The Morgan fingerprint density at radius 1 is 1.29 bits per heavy atom. The first-order chi connectivity index (χ1) is 13.4. The Hall–Kier alpha value is -2.85. The van der Waals surface area contributed by atoms with Crippen LogP contribution in [-0.4, -0.2) is 22.6 Å². The first-order valence-electron chi connectivity index (χ1n) is 8.07. The van der Waals surface area contributed by atoms with Gasteiger partial charge in [0.2, 0.25) is 5.91 Å². The quantitative estimate of drug-likeness (QED) is 0.538. The van der Waals surface area contributed by atoms with Crippen molar-refractivity contribution in [2.24, 2.45) is 5.73 Å². The zero-order chi connectivity index (χ0) is 20.1. The van der Waals surface area contributed by atoms with Gasteiger partial charge >= 0.3 is 0 Å². The van der Waals surface area contributed by atoms with Crippen LogP contribution in [0.2, 0.25) is 0 Å². The van der Waals surface area contributed by atoms with Gasteiger partial charge in [-0.2, -0.15) is 0 Å². The maximum Gasteiger partial charge on any atom is 0.293 e. The van der Waals surface area contributed by atoms with Crippen LogP contribution >= 0.6 is 23.1 Å². The fourth-order valence-electron chi connectivity index (χ4n) is 2.13. The number of aryl methyl sites for hydroxylation is 1. The van der Waals surface area contributed by atoms with E-state index in [0.29, 0.717) is 22.3 Å². The summed E-state index contributed by atoms with van der Waals surface area (Å²) in [4.78, 5) is 27.5. The molecule has 0 spiro atoms. The van der Waals surface area contributed by atoms with Crippen LogP contribution < -0.4 is 15.8 Å². The third kappa shape index (κ3) is 5.33. The highest BCUT2D eigenvalue weighted by molar-refractivity contribution is 8.01. The summed E-state index contributed by atoms with van der Waals surface area (Å²) in [6, 6.07) is 8.75. The number of carbonyl (C=O) groups is 2. The molecule has 0 aliphatic carbocycles. The second kappa shape index (κ2) is 8.89. The largest absolute Gasteiger partial charge is 0.486 e. The molecule has 0 bridgehead atoms. The Morgan fingerprint density at radius 2 is 2.04 bits per heavy atom. The summed E-state index contributed by atoms with van der Waals surface area (Å²) in [5.74, 6) is -0.0330. The average molecular weight is 421 g/mol. The van der Waals surface area contributed by atoms with Gasteiger partial charge in [0.1, 0.15) is 23.9 Å². The smallest absolute Gasteiger partial charge is 0.293 e. The number of furan rings is 1. The number of halogens is 1. The van der Waals surface area contributed by atoms with Crippen molar-refractivity contribution < 1.29 is 23.1 Å². The van der Waals surface area contributed by atoms with Gasteiger partial charge in [-0.25, -0.2) is 9.37 Å². The second-order valence-electron chi connectivity index (χ2n) is 5.61. The number of thiazole rings is 1. The van der Waals surface area contributed by atoms with E-state index in [-0.39, 0.29) is 23.9 Å². The molecule has 2 heterocycles. The highest BCUT2D eigenvalue weighted by Crippen LogP contribution is 2.32. The van der Waals surface area contributed by atoms with Crippen molar-refractivity contribution >= 4 is 40.0 Å². The van der Waals surface area contributed by atoms with Gasteiger partial charge in [-0.05, 0) is 43.3 Å². The molecule has 1 aromatic carbocycles. The van der Waals surface area contributed by atoms with Crippen LogP contribution in [0.4, 0.5) is 9.52 Å². The van der Waals surface area contributed by atoms with Crippen LogP contribution in [0.1, 0.15) is 22.0 Å². The maximum absolute atomic E-state index is 12.9. The van der Waals surface area contributed by atoms with E-state index >= 15 is 0 Å². The number of rotatable bonds is 8. The van der Waals surface area contributed by atoms with Crippen molar-refractivity contribution in [3.8, 4) is 5.75 Å². The Balaban J connectivity index is 1.57. The molecule has 3 N–H and O–H groups in total. The fraction of sp³-hybridized carbons (Fsp3) is 0.167. The van der Waals surface area contributed by atoms with E-state index in [9.17, 15) is 14.0 Å². The van der Waals surface area contributed by atoms with Crippen molar-refractivity contribution in [2.45, 2.75) is 17.7 Å². The third-order valence-electron chi connectivity index (χ3n) is 3.40. The Kier molecular flexibility index (Phi) is 6.32. The molecule has 2 amide bonds. The number of benzene rings is 1. The molecule has 0 radical (unpaired) electrons. The number of anilines is 1. The lowest BCUT2D eigenvalue weighted by molar-refractivity contribution is -0.115. The number of nitrogens with zero attached hydrogens (tertiary/aromatic N) is 1. The monoisotopic (exact) mass is 421 g/mol. The van der Waals surface area contributed by atoms with Crippen molar-refractivity contribution in [2.75, 3.05) is 11.1 Å². The Morgan fingerprint density at radius 3 is 2.75 bits per heavy atom. The van der Waals surface area contributed by atoms with Crippen LogP contribution in [0.3, 0.4) is 0 Å². The first kappa shape index (κ1) is 19.9. The van der Waals surface area contributed by atoms with E-state index in [2.05, 4.69) is 10.3 Å².